The van der Waals surface area contributed by atoms with Crippen LogP contribution in [0, 0.1) is 0 Å². The highest BCUT2D eigenvalue weighted by Crippen LogP contribution is 2.30. The highest BCUT2D eigenvalue weighted by Gasteiger charge is 2.28. The normalized spacial score (nSPS) is 15.8. The highest BCUT2D eigenvalue weighted by molar-refractivity contribution is 7.89. The topological polar surface area (TPSA) is 88.7 Å². The molecule has 2 heterocycles. The number of para-hydroxylation sites is 1. The van der Waals surface area contributed by atoms with Gasteiger partial charge in [-0.05, 0) is 23.8 Å². The summed E-state index contributed by atoms with van der Waals surface area (Å²) < 4.78 is 26.4. The fourth-order valence-electron chi connectivity index (χ4n) is 2.19. The van der Waals surface area contributed by atoms with E-state index in [1.54, 1.807) is 36.5 Å². The molecule has 0 saturated carbocycles. The van der Waals surface area contributed by atoms with Gasteiger partial charge in [-0.25, -0.2) is 13.4 Å². The molecule has 2 N–H and O–H groups in total. The van der Waals surface area contributed by atoms with Gasteiger partial charge in [0.1, 0.15) is 11.2 Å². The first-order valence-corrected chi connectivity index (χ1v) is 7.85. The predicted molar refractivity (Wildman–Crippen MR) is 79.5 cm³/mol. The van der Waals surface area contributed by atoms with Crippen molar-refractivity contribution in [3.63, 3.8) is 0 Å². The second-order valence-electron chi connectivity index (χ2n) is 4.58. The van der Waals surface area contributed by atoms with Crippen molar-refractivity contribution in [3.8, 4) is 0 Å². The molecule has 108 valence electrons. The fourth-order valence-corrected chi connectivity index (χ4v) is 3.56. The van der Waals surface area contributed by atoms with Crippen molar-refractivity contribution in [2.75, 3.05) is 0 Å². The summed E-state index contributed by atoms with van der Waals surface area (Å²) in [4.78, 5) is 8.57. The van der Waals surface area contributed by atoms with Crippen molar-refractivity contribution < 1.29 is 8.42 Å². The van der Waals surface area contributed by atoms with E-state index in [-0.39, 0.29) is 18.0 Å². The van der Waals surface area contributed by atoms with Gasteiger partial charge in [-0.2, -0.15) is 0 Å². The van der Waals surface area contributed by atoms with Crippen LogP contribution in [0.1, 0.15) is 11.3 Å². The number of aromatic nitrogens is 1. The SMILES string of the molecule is NCc1ncccc1CN1C=Nc2ccccc2S1(=O)=O. The maximum Gasteiger partial charge on any atom is 0.267 e. The van der Waals surface area contributed by atoms with E-state index in [0.717, 1.165) is 5.56 Å². The van der Waals surface area contributed by atoms with Gasteiger partial charge in [0.2, 0.25) is 0 Å². The number of nitrogens with zero attached hydrogens (tertiary/aromatic N) is 3. The van der Waals surface area contributed by atoms with E-state index in [9.17, 15) is 8.42 Å². The van der Waals surface area contributed by atoms with Gasteiger partial charge in [-0.3, -0.25) is 9.29 Å². The van der Waals surface area contributed by atoms with Crippen molar-refractivity contribution in [1.29, 1.82) is 0 Å². The molecule has 3 rings (SSSR count). The summed E-state index contributed by atoms with van der Waals surface area (Å²) in [5.41, 5.74) is 7.55. The Morgan fingerprint density at radius 1 is 1.14 bits per heavy atom. The van der Waals surface area contributed by atoms with Crippen molar-refractivity contribution in [3.05, 3.63) is 53.9 Å². The van der Waals surface area contributed by atoms with Crippen LogP contribution in [-0.4, -0.2) is 24.0 Å². The number of pyridine rings is 1. The number of benzene rings is 1. The highest BCUT2D eigenvalue weighted by atomic mass is 32.2. The molecule has 2 aromatic rings. The summed E-state index contributed by atoms with van der Waals surface area (Å²) in [6.07, 6.45) is 2.98. The third kappa shape index (κ3) is 2.41. The van der Waals surface area contributed by atoms with Crippen molar-refractivity contribution in [1.82, 2.24) is 9.29 Å². The first-order chi connectivity index (χ1) is 10.1. The number of fused-ring (bicyclic) bond motifs is 1. The summed E-state index contributed by atoms with van der Waals surface area (Å²) in [5, 5.41) is 0. The second kappa shape index (κ2) is 5.27. The van der Waals surface area contributed by atoms with Crippen LogP contribution in [0.5, 0.6) is 0 Å². The lowest BCUT2D eigenvalue weighted by Crippen LogP contribution is -2.32. The average molecular weight is 302 g/mol. The maximum absolute atomic E-state index is 12.6. The molecule has 1 aliphatic heterocycles. The van der Waals surface area contributed by atoms with Crippen LogP contribution in [0.4, 0.5) is 5.69 Å². The minimum absolute atomic E-state index is 0.167. The van der Waals surface area contributed by atoms with Gasteiger partial charge in [0.05, 0.1) is 17.9 Å². The Morgan fingerprint density at radius 3 is 2.76 bits per heavy atom. The predicted octanol–water partition coefficient (Wildman–Crippen LogP) is 1.40. The summed E-state index contributed by atoms with van der Waals surface area (Å²) in [6.45, 7) is 0.429. The molecule has 1 aromatic carbocycles. The lowest BCUT2D eigenvalue weighted by molar-refractivity contribution is 0.520. The maximum atomic E-state index is 12.6. The van der Waals surface area contributed by atoms with E-state index in [2.05, 4.69) is 9.98 Å². The molecule has 0 atom stereocenters. The lowest BCUT2D eigenvalue weighted by atomic mass is 10.2. The quantitative estimate of drug-likeness (QED) is 0.928. The lowest BCUT2D eigenvalue weighted by Gasteiger charge is -2.24. The first kappa shape index (κ1) is 13.7. The second-order valence-corrected chi connectivity index (χ2v) is 6.43. The van der Waals surface area contributed by atoms with Crippen LogP contribution >= 0.6 is 0 Å². The Labute approximate surface area is 123 Å². The van der Waals surface area contributed by atoms with Crippen molar-refractivity contribution >= 4 is 22.0 Å². The first-order valence-electron chi connectivity index (χ1n) is 6.41. The van der Waals surface area contributed by atoms with E-state index in [1.165, 1.54) is 10.6 Å². The van der Waals surface area contributed by atoms with Crippen LogP contribution in [-0.2, 0) is 23.1 Å². The van der Waals surface area contributed by atoms with E-state index in [4.69, 9.17) is 5.73 Å². The molecule has 0 aliphatic carbocycles. The summed E-state index contributed by atoms with van der Waals surface area (Å²) in [7, 11) is -3.59. The number of nitrogens with two attached hydrogens (primary N) is 1. The molecule has 0 amide bonds. The van der Waals surface area contributed by atoms with Gasteiger partial charge >= 0.3 is 0 Å². The van der Waals surface area contributed by atoms with Gasteiger partial charge in [0.15, 0.2) is 0 Å². The van der Waals surface area contributed by atoms with Gasteiger partial charge in [0, 0.05) is 12.7 Å². The molecule has 0 spiro atoms. The van der Waals surface area contributed by atoms with Gasteiger partial charge in [-0.15, -0.1) is 0 Å². The number of sulfonamides is 1. The Kier molecular flexibility index (Phi) is 3.44. The Bertz CT molecular complexity index is 802. The molecule has 0 unspecified atom stereocenters. The van der Waals surface area contributed by atoms with Crippen LogP contribution < -0.4 is 5.73 Å². The standard InChI is InChI=1S/C14H14N4O2S/c15-8-13-11(4-3-7-16-13)9-18-10-17-12-5-1-2-6-14(12)21(18,19)20/h1-7,10H,8-9,15H2. The van der Waals surface area contributed by atoms with E-state index in [1.807, 2.05) is 6.07 Å². The molecular weight excluding hydrogens is 288 g/mol. The molecular formula is C14H14N4O2S. The van der Waals surface area contributed by atoms with E-state index in [0.29, 0.717) is 11.4 Å². The number of hydrogen-bond acceptors (Lipinski definition) is 5. The van der Waals surface area contributed by atoms with E-state index < -0.39 is 10.0 Å². The zero-order valence-corrected chi connectivity index (χ0v) is 12.0. The molecule has 1 aliphatic rings. The van der Waals surface area contributed by atoms with Crippen LogP contribution in [0.3, 0.4) is 0 Å². The van der Waals surface area contributed by atoms with Crippen molar-refractivity contribution in [2.45, 2.75) is 18.0 Å². The molecule has 1 aromatic heterocycles. The molecule has 0 fully saturated rings. The Morgan fingerprint density at radius 2 is 1.95 bits per heavy atom. The molecule has 0 saturated heterocycles. The van der Waals surface area contributed by atoms with Gasteiger partial charge < -0.3 is 5.73 Å². The smallest absolute Gasteiger partial charge is 0.267 e. The van der Waals surface area contributed by atoms with Crippen molar-refractivity contribution in [2.24, 2.45) is 10.7 Å². The third-order valence-electron chi connectivity index (χ3n) is 3.28. The monoisotopic (exact) mass is 302 g/mol. The molecule has 21 heavy (non-hydrogen) atoms. The Hall–Kier alpha value is -2.25. The molecule has 6 nitrogen and oxygen atoms in total. The molecule has 0 bridgehead atoms. The zero-order valence-electron chi connectivity index (χ0n) is 11.2. The number of hydrogen-bond donors (Lipinski definition) is 1. The largest absolute Gasteiger partial charge is 0.325 e. The Balaban J connectivity index is 1.99. The van der Waals surface area contributed by atoms with E-state index >= 15 is 0 Å². The summed E-state index contributed by atoms with van der Waals surface area (Å²) in [5.74, 6) is 0. The van der Waals surface area contributed by atoms with Crippen LogP contribution in [0.25, 0.3) is 0 Å². The number of rotatable bonds is 3. The minimum atomic E-state index is -3.59. The minimum Gasteiger partial charge on any atom is -0.325 e. The molecule has 0 radical (unpaired) electrons. The fraction of sp³-hybridized carbons (Fsp3) is 0.143. The van der Waals surface area contributed by atoms with Crippen LogP contribution in [0.15, 0.2) is 52.5 Å². The number of aliphatic imine (C=N–C) groups is 1. The summed E-state index contributed by atoms with van der Waals surface area (Å²) >= 11 is 0. The van der Waals surface area contributed by atoms with Gasteiger partial charge in [-0.1, -0.05) is 18.2 Å². The summed E-state index contributed by atoms with van der Waals surface area (Å²) in [6, 6.07) is 10.3. The molecule has 7 heteroatoms. The van der Waals surface area contributed by atoms with Crippen LogP contribution in [0.2, 0.25) is 0 Å². The average Bonchev–Trinajstić information content (AvgIpc) is 2.51. The third-order valence-corrected chi connectivity index (χ3v) is 5.02. The zero-order chi connectivity index (χ0) is 14.9. The van der Waals surface area contributed by atoms with Gasteiger partial charge in [0.25, 0.3) is 10.0 Å².